The van der Waals surface area contributed by atoms with E-state index in [0.29, 0.717) is 12.8 Å². The molecule has 2 aromatic carbocycles. The number of fused-ring (bicyclic) bond motifs is 3. The number of aliphatic carboxylic acids is 1. The number of hydrogen-bond donors (Lipinski definition) is 3. The summed E-state index contributed by atoms with van der Waals surface area (Å²) in [6.45, 7) is 2.62. The lowest BCUT2D eigenvalue weighted by Crippen LogP contribution is -2.44. The lowest BCUT2D eigenvalue weighted by molar-refractivity contribution is -0.142. The smallest absolute Gasteiger partial charge is 0.407 e. The summed E-state index contributed by atoms with van der Waals surface area (Å²) in [5.41, 5.74) is 4.63. The van der Waals surface area contributed by atoms with Crippen molar-refractivity contribution in [2.24, 2.45) is 5.92 Å². The average molecular weight is 481 g/mol. The highest BCUT2D eigenvalue weighted by Crippen LogP contribution is 2.44. The van der Waals surface area contributed by atoms with Gasteiger partial charge in [0.2, 0.25) is 5.91 Å². The molecule has 3 atom stereocenters. The number of ether oxygens (including phenoxy) is 2. The van der Waals surface area contributed by atoms with Gasteiger partial charge in [-0.05, 0) is 35.1 Å². The van der Waals surface area contributed by atoms with Gasteiger partial charge >= 0.3 is 12.1 Å². The monoisotopic (exact) mass is 480 g/mol. The number of carboxylic acids is 1. The fourth-order valence-corrected chi connectivity index (χ4v) is 4.83. The zero-order valence-electron chi connectivity index (χ0n) is 19.9. The number of nitrogens with one attached hydrogen (secondary N) is 2. The first kappa shape index (κ1) is 24.7. The SMILES string of the molecule is CCCCC(NC(=O)[C@@H]1CO[C@H](CNC(=O)OCC2c3ccccc3-c3ccccc32)C1)C(=O)O. The first-order valence-electron chi connectivity index (χ1n) is 12.2. The Morgan fingerprint density at radius 2 is 1.74 bits per heavy atom. The Labute approximate surface area is 205 Å². The first-order valence-corrected chi connectivity index (χ1v) is 12.2. The molecule has 4 rings (SSSR count). The highest BCUT2D eigenvalue weighted by molar-refractivity contribution is 5.85. The van der Waals surface area contributed by atoms with E-state index in [1.54, 1.807) is 0 Å². The van der Waals surface area contributed by atoms with Gasteiger partial charge in [-0.1, -0.05) is 68.3 Å². The van der Waals surface area contributed by atoms with Crippen molar-refractivity contribution < 1.29 is 29.0 Å². The van der Waals surface area contributed by atoms with E-state index in [1.165, 1.54) is 11.1 Å². The molecule has 8 heteroatoms. The largest absolute Gasteiger partial charge is 0.480 e. The minimum absolute atomic E-state index is 0.0150. The van der Waals surface area contributed by atoms with Gasteiger partial charge in [0.05, 0.1) is 18.6 Å². The van der Waals surface area contributed by atoms with Crippen LogP contribution in [0, 0.1) is 5.92 Å². The van der Waals surface area contributed by atoms with Crippen molar-refractivity contribution >= 4 is 18.0 Å². The predicted molar refractivity (Wildman–Crippen MR) is 130 cm³/mol. The van der Waals surface area contributed by atoms with Crippen LogP contribution in [-0.4, -0.2) is 55.0 Å². The molecule has 8 nitrogen and oxygen atoms in total. The minimum atomic E-state index is -1.03. The molecule has 1 unspecified atom stereocenters. The van der Waals surface area contributed by atoms with E-state index in [9.17, 15) is 19.5 Å². The fourth-order valence-electron chi connectivity index (χ4n) is 4.83. The van der Waals surface area contributed by atoms with E-state index in [-0.39, 0.29) is 37.7 Å². The molecule has 1 heterocycles. The van der Waals surface area contributed by atoms with Crippen molar-refractivity contribution in [1.29, 1.82) is 0 Å². The Kier molecular flexibility index (Phi) is 8.02. The van der Waals surface area contributed by atoms with Crippen molar-refractivity contribution in [3.8, 4) is 11.1 Å². The predicted octanol–water partition coefficient (Wildman–Crippen LogP) is 3.69. The second-order valence-corrected chi connectivity index (χ2v) is 9.14. The molecule has 2 aliphatic rings. The summed E-state index contributed by atoms with van der Waals surface area (Å²) in [4.78, 5) is 36.3. The summed E-state index contributed by atoms with van der Waals surface area (Å²) in [5, 5.41) is 14.7. The molecular weight excluding hydrogens is 448 g/mol. The van der Waals surface area contributed by atoms with Gasteiger partial charge in [0.25, 0.3) is 0 Å². The van der Waals surface area contributed by atoms with Crippen LogP contribution < -0.4 is 10.6 Å². The van der Waals surface area contributed by atoms with E-state index < -0.39 is 24.0 Å². The summed E-state index contributed by atoms with van der Waals surface area (Å²) >= 11 is 0. The second kappa shape index (κ2) is 11.4. The van der Waals surface area contributed by atoms with Crippen molar-refractivity contribution in [2.75, 3.05) is 19.8 Å². The molecule has 1 aliphatic heterocycles. The number of alkyl carbamates (subject to hydrolysis) is 1. The number of carbonyl (C=O) groups is 3. The van der Waals surface area contributed by atoms with Gasteiger partial charge in [0.15, 0.2) is 0 Å². The topological polar surface area (TPSA) is 114 Å². The Morgan fingerprint density at radius 1 is 1.09 bits per heavy atom. The third kappa shape index (κ3) is 5.82. The minimum Gasteiger partial charge on any atom is -0.480 e. The van der Waals surface area contributed by atoms with Crippen molar-refractivity contribution in [3.63, 3.8) is 0 Å². The zero-order chi connectivity index (χ0) is 24.8. The summed E-state index contributed by atoms with van der Waals surface area (Å²) in [6.07, 6.45) is 1.54. The van der Waals surface area contributed by atoms with Gasteiger partial charge in [0.1, 0.15) is 12.6 Å². The van der Waals surface area contributed by atoms with E-state index in [4.69, 9.17) is 9.47 Å². The van der Waals surface area contributed by atoms with E-state index in [2.05, 4.69) is 34.9 Å². The number of rotatable bonds is 10. The molecule has 3 N–H and O–H groups in total. The van der Waals surface area contributed by atoms with Crippen LogP contribution in [-0.2, 0) is 19.1 Å². The highest BCUT2D eigenvalue weighted by Gasteiger charge is 2.33. The molecule has 186 valence electrons. The molecule has 1 fully saturated rings. The molecule has 0 saturated carbocycles. The standard InChI is InChI=1S/C27H32N2O6/c1-2-3-12-24(26(31)32)29-25(30)17-13-18(34-15-17)14-28-27(33)35-16-23-21-10-6-4-8-19(21)20-9-5-7-11-22(20)23/h4-11,17-18,23-24H,2-3,12-16H2,1H3,(H,28,33)(H,29,30)(H,31,32)/t17-,18-,24?/m0/s1. The maximum Gasteiger partial charge on any atom is 0.407 e. The van der Waals surface area contributed by atoms with Gasteiger partial charge in [-0.15, -0.1) is 0 Å². The second-order valence-electron chi connectivity index (χ2n) is 9.14. The highest BCUT2D eigenvalue weighted by atomic mass is 16.5. The molecular formula is C27H32N2O6. The lowest BCUT2D eigenvalue weighted by atomic mass is 9.98. The maximum atomic E-state index is 12.5. The number of amides is 2. The first-order chi connectivity index (χ1) is 17.0. The van der Waals surface area contributed by atoms with Gasteiger partial charge in [0, 0.05) is 12.5 Å². The molecule has 0 bridgehead atoms. The quantitative estimate of drug-likeness (QED) is 0.478. The van der Waals surface area contributed by atoms with Crippen molar-refractivity contribution in [1.82, 2.24) is 10.6 Å². The Bertz CT molecular complexity index is 1030. The van der Waals surface area contributed by atoms with Gasteiger partial charge in [-0.2, -0.15) is 0 Å². The third-order valence-corrected chi connectivity index (χ3v) is 6.73. The van der Waals surface area contributed by atoms with Crippen LogP contribution in [0.5, 0.6) is 0 Å². The molecule has 0 aromatic heterocycles. The lowest BCUT2D eigenvalue weighted by Gasteiger charge is -2.17. The van der Waals surface area contributed by atoms with Crippen LogP contribution >= 0.6 is 0 Å². The molecule has 35 heavy (non-hydrogen) atoms. The molecule has 2 aromatic rings. The zero-order valence-corrected chi connectivity index (χ0v) is 19.9. The third-order valence-electron chi connectivity index (χ3n) is 6.73. The Hall–Kier alpha value is -3.39. The van der Waals surface area contributed by atoms with Crippen LogP contribution in [0.2, 0.25) is 0 Å². The van der Waals surface area contributed by atoms with Crippen LogP contribution in [0.25, 0.3) is 11.1 Å². The van der Waals surface area contributed by atoms with Crippen molar-refractivity contribution in [2.45, 2.75) is 50.7 Å². The van der Waals surface area contributed by atoms with E-state index in [1.807, 2.05) is 31.2 Å². The Morgan fingerprint density at radius 3 is 2.37 bits per heavy atom. The summed E-state index contributed by atoms with van der Waals surface area (Å²) in [5.74, 6) is -1.80. The molecule has 2 amide bonds. The average Bonchev–Trinajstić information content (AvgIpc) is 3.47. The van der Waals surface area contributed by atoms with Crippen LogP contribution in [0.15, 0.2) is 48.5 Å². The number of carbonyl (C=O) groups excluding carboxylic acids is 2. The number of hydrogen-bond acceptors (Lipinski definition) is 5. The molecule has 0 spiro atoms. The van der Waals surface area contributed by atoms with E-state index >= 15 is 0 Å². The summed E-state index contributed by atoms with van der Waals surface area (Å²) in [6, 6.07) is 15.4. The van der Waals surface area contributed by atoms with Gasteiger partial charge in [-0.25, -0.2) is 9.59 Å². The number of unbranched alkanes of at least 4 members (excludes halogenated alkanes) is 1. The summed E-state index contributed by atoms with van der Waals surface area (Å²) in [7, 11) is 0. The summed E-state index contributed by atoms with van der Waals surface area (Å²) < 4.78 is 11.2. The maximum absolute atomic E-state index is 12.5. The van der Waals surface area contributed by atoms with E-state index in [0.717, 1.165) is 24.0 Å². The fraction of sp³-hybridized carbons (Fsp3) is 0.444. The van der Waals surface area contributed by atoms with Gasteiger partial charge < -0.3 is 25.2 Å². The molecule has 1 aliphatic carbocycles. The molecule has 0 radical (unpaired) electrons. The molecule has 1 saturated heterocycles. The van der Waals surface area contributed by atoms with Crippen LogP contribution in [0.3, 0.4) is 0 Å². The number of carboxylic acid groups (broad SMARTS) is 1. The Balaban J connectivity index is 1.23. The van der Waals surface area contributed by atoms with Crippen LogP contribution in [0.4, 0.5) is 4.79 Å². The number of benzene rings is 2. The van der Waals surface area contributed by atoms with Crippen LogP contribution in [0.1, 0.15) is 49.7 Å². The normalized spacial score (nSPS) is 19.5. The van der Waals surface area contributed by atoms with Gasteiger partial charge in [-0.3, -0.25) is 4.79 Å². The van der Waals surface area contributed by atoms with Crippen molar-refractivity contribution in [3.05, 3.63) is 59.7 Å².